The van der Waals surface area contributed by atoms with Crippen LogP contribution in [0, 0.1) is 5.92 Å². The Morgan fingerprint density at radius 1 is 1.54 bits per heavy atom. The lowest BCUT2D eigenvalue weighted by Gasteiger charge is -2.40. The SMILES string of the molecule is CC(=O)N1CC2CC1(CC(=O)O)C2. The van der Waals surface area contributed by atoms with Crippen LogP contribution >= 0.6 is 0 Å². The molecule has 2 saturated heterocycles. The number of rotatable bonds is 2. The summed E-state index contributed by atoms with van der Waals surface area (Å²) < 4.78 is 0. The van der Waals surface area contributed by atoms with Crippen LogP contribution in [0.5, 0.6) is 0 Å². The van der Waals surface area contributed by atoms with Gasteiger partial charge >= 0.3 is 5.97 Å². The average molecular weight is 183 g/mol. The van der Waals surface area contributed by atoms with Crippen molar-refractivity contribution >= 4 is 11.9 Å². The first-order chi connectivity index (χ1) is 6.03. The van der Waals surface area contributed by atoms with Crippen molar-refractivity contribution in [3.63, 3.8) is 0 Å². The molecule has 1 amide bonds. The van der Waals surface area contributed by atoms with Crippen LogP contribution in [0.1, 0.15) is 26.2 Å². The molecule has 0 unspecified atom stereocenters. The molecule has 1 saturated carbocycles. The van der Waals surface area contributed by atoms with Crippen molar-refractivity contribution in [2.75, 3.05) is 6.54 Å². The van der Waals surface area contributed by atoms with Crippen molar-refractivity contribution < 1.29 is 14.7 Å². The zero-order valence-electron chi connectivity index (χ0n) is 7.62. The summed E-state index contributed by atoms with van der Waals surface area (Å²) in [6, 6.07) is 0. The van der Waals surface area contributed by atoms with Gasteiger partial charge in [-0.15, -0.1) is 0 Å². The summed E-state index contributed by atoms with van der Waals surface area (Å²) in [5, 5.41) is 8.73. The van der Waals surface area contributed by atoms with E-state index in [4.69, 9.17) is 5.11 Å². The van der Waals surface area contributed by atoms with Crippen molar-refractivity contribution in [3.05, 3.63) is 0 Å². The van der Waals surface area contributed by atoms with E-state index in [0.29, 0.717) is 5.92 Å². The lowest BCUT2D eigenvalue weighted by Crippen LogP contribution is -2.49. The summed E-state index contributed by atoms with van der Waals surface area (Å²) in [7, 11) is 0. The van der Waals surface area contributed by atoms with Gasteiger partial charge in [-0.25, -0.2) is 0 Å². The molecule has 1 N–H and O–H groups in total. The second-order valence-electron chi connectivity index (χ2n) is 4.20. The van der Waals surface area contributed by atoms with Crippen LogP contribution in [0.4, 0.5) is 0 Å². The summed E-state index contributed by atoms with van der Waals surface area (Å²) in [5.41, 5.74) is -0.317. The molecule has 0 aromatic rings. The van der Waals surface area contributed by atoms with Gasteiger partial charge in [0, 0.05) is 13.5 Å². The second kappa shape index (κ2) is 2.47. The van der Waals surface area contributed by atoms with E-state index in [9.17, 15) is 9.59 Å². The van der Waals surface area contributed by atoms with Gasteiger partial charge in [-0.1, -0.05) is 0 Å². The third-order valence-corrected chi connectivity index (χ3v) is 3.21. The molecule has 72 valence electrons. The minimum absolute atomic E-state index is 0.0150. The predicted octanol–water partition coefficient (Wildman–Crippen LogP) is 0.472. The van der Waals surface area contributed by atoms with Crippen molar-refractivity contribution in [2.24, 2.45) is 5.92 Å². The number of carboxylic acid groups (broad SMARTS) is 1. The predicted molar refractivity (Wildman–Crippen MR) is 45.1 cm³/mol. The van der Waals surface area contributed by atoms with Gasteiger partial charge in [-0.05, 0) is 18.8 Å². The van der Waals surface area contributed by atoms with E-state index in [1.807, 2.05) is 0 Å². The minimum Gasteiger partial charge on any atom is -0.481 e. The monoisotopic (exact) mass is 183 g/mol. The van der Waals surface area contributed by atoms with E-state index in [0.717, 1.165) is 19.4 Å². The third kappa shape index (κ3) is 1.12. The Balaban J connectivity index is 2.14. The van der Waals surface area contributed by atoms with Gasteiger partial charge in [0.1, 0.15) is 0 Å². The number of fused-ring (bicyclic) bond motifs is 1. The molecule has 0 radical (unpaired) electrons. The number of carboxylic acids is 1. The van der Waals surface area contributed by atoms with E-state index in [2.05, 4.69) is 0 Å². The van der Waals surface area contributed by atoms with Crippen LogP contribution in [-0.4, -0.2) is 34.0 Å². The number of hydrogen-bond acceptors (Lipinski definition) is 2. The maximum Gasteiger partial charge on any atom is 0.305 e. The molecule has 3 aliphatic rings. The van der Waals surface area contributed by atoms with E-state index < -0.39 is 5.97 Å². The van der Waals surface area contributed by atoms with Crippen molar-refractivity contribution in [2.45, 2.75) is 31.7 Å². The van der Waals surface area contributed by atoms with E-state index >= 15 is 0 Å². The smallest absolute Gasteiger partial charge is 0.305 e. The normalized spacial score (nSPS) is 35.8. The van der Waals surface area contributed by atoms with Gasteiger partial charge in [0.05, 0.1) is 12.0 Å². The molecule has 2 heterocycles. The van der Waals surface area contributed by atoms with Crippen molar-refractivity contribution in [3.8, 4) is 0 Å². The van der Waals surface area contributed by atoms with Gasteiger partial charge in [-0.3, -0.25) is 9.59 Å². The van der Waals surface area contributed by atoms with Crippen LogP contribution in [0.15, 0.2) is 0 Å². The molecular weight excluding hydrogens is 170 g/mol. The second-order valence-corrected chi connectivity index (χ2v) is 4.20. The van der Waals surface area contributed by atoms with Crippen LogP contribution in [-0.2, 0) is 9.59 Å². The first-order valence-corrected chi connectivity index (χ1v) is 4.53. The molecule has 3 rings (SSSR count). The van der Waals surface area contributed by atoms with E-state index in [1.54, 1.807) is 4.90 Å². The lowest BCUT2D eigenvalue weighted by molar-refractivity contribution is -0.143. The zero-order chi connectivity index (χ0) is 9.64. The highest BCUT2D eigenvalue weighted by atomic mass is 16.4. The largest absolute Gasteiger partial charge is 0.481 e. The van der Waals surface area contributed by atoms with Gasteiger partial charge in [0.2, 0.25) is 5.91 Å². The molecule has 1 aliphatic carbocycles. The number of aliphatic carboxylic acids is 1. The topological polar surface area (TPSA) is 57.6 Å². The van der Waals surface area contributed by atoms with E-state index in [-0.39, 0.29) is 17.9 Å². The summed E-state index contributed by atoms with van der Waals surface area (Å²) >= 11 is 0. The quantitative estimate of drug-likeness (QED) is 0.677. The fraction of sp³-hybridized carbons (Fsp3) is 0.778. The lowest BCUT2D eigenvalue weighted by atomic mass is 9.71. The Morgan fingerprint density at radius 2 is 2.15 bits per heavy atom. The Morgan fingerprint density at radius 3 is 2.62 bits per heavy atom. The number of carbonyl (C=O) groups is 2. The fourth-order valence-corrected chi connectivity index (χ4v) is 2.80. The molecule has 0 spiro atoms. The summed E-state index contributed by atoms with van der Waals surface area (Å²) in [5.74, 6) is -0.226. The van der Waals surface area contributed by atoms with Crippen LogP contribution < -0.4 is 0 Å². The highest BCUT2D eigenvalue weighted by molar-refractivity contribution is 5.77. The molecule has 13 heavy (non-hydrogen) atoms. The number of hydrogen-bond donors (Lipinski definition) is 1. The molecule has 0 atom stereocenters. The zero-order valence-corrected chi connectivity index (χ0v) is 7.62. The first-order valence-electron chi connectivity index (χ1n) is 4.53. The highest BCUT2D eigenvalue weighted by Gasteiger charge is 2.57. The van der Waals surface area contributed by atoms with Gasteiger partial charge in [0.25, 0.3) is 0 Å². The maximum absolute atomic E-state index is 11.2. The molecule has 3 fully saturated rings. The Labute approximate surface area is 76.5 Å². The Hall–Kier alpha value is -1.06. The number of nitrogens with zero attached hydrogens (tertiary/aromatic N) is 1. The summed E-state index contributed by atoms with van der Waals surface area (Å²) in [4.78, 5) is 23.6. The number of carbonyl (C=O) groups excluding carboxylic acids is 1. The first kappa shape index (κ1) is 8.53. The Kier molecular flexibility index (Phi) is 1.62. The standard InChI is InChI=1S/C9H13NO3/c1-6(11)10-5-7-2-9(10,3-7)4-8(12)13/h7H,2-5H2,1H3,(H,12,13). The summed E-state index contributed by atoms with van der Waals surface area (Å²) in [6.45, 7) is 2.28. The van der Waals surface area contributed by atoms with Crippen LogP contribution in [0.2, 0.25) is 0 Å². The van der Waals surface area contributed by atoms with Crippen molar-refractivity contribution in [1.82, 2.24) is 4.90 Å². The minimum atomic E-state index is -0.799. The van der Waals surface area contributed by atoms with Gasteiger partial charge in [0.15, 0.2) is 0 Å². The van der Waals surface area contributed by atoms with Crippen LogP contribution in [0.3, 0.4) is 0 Å². The average Bonchev–Trinajstić information content (AvgIpc) is 2.38. The highest BCUT2D eigenvalue weighted by Crippen LogP contribution is 2.52. The molecule has 2 bridgehead atoms. The molecule has 0 aromatic heterocycles. The number of amides is 1. The molecule has 2 aliphatic heterocycles. The van der Waals surface area contributed by atoms with Crippen LogP contribution in [0.25, 0.3) is 0 Å². The molecule has 0 aromatic carbocycles. The van der Waals surface area contributed by atoms with Gasteiger partial charge < -0.3 is 10.0 Å². The maximum atomic E-state index is 11.2. The van der Waals surface area contributed by atoms with E-state index in [1.165, 1.54) is 6.92 Å². The Bertz CT molecular complexity index is 268. The van der Waals surface area contributed by atoms with Crippen molar-refractivity contribution in [1.29, 1.82) is 0 Å². The third-order valence-electron chi connectivity index (χ3n) is 3.21. The summed E-state index contributed by atoms with van der Waals surface area (Å²) in [6.07, 6.45) is 1.89. The van der Waals surface area contributed by atoms with Gasteiger partial charge in [-0.2, -0.15) is 0 Å². The fourth-order valence-electron chi connectivity index (χ4n) is 2.80. The molecule has 4 nitrogen and oxygen atoms in total. The molecule has 4 heteroatoms. The molecular formula is C9H13NO3.